The summed E-state index contributed by atoms with van der Waals surface area (Å²) in [6.45, 7) is 0. The summed E-state index contributed by atoms with van der Waals surface area (Å²) in [4.78, 5) is 13.5. The number of hydrogen-bond donors (Lipinski definition) is 1. The molecule has 0 bridgehead atoms. The highest BCUT2D eigenvalue weighted by Gasteiger charge is 2.21. The molecule has 7 heteroatoms. The van der Waals surface area contributed by atoms with E-state index in [9.17, 15) is 4.79 Å². The quantitative estimate of drug-likeness (QED) is 0.416. The minimum absolute atomic E-state index is 0.309. The Bertz CT molecular complexity index is 1270. The van der Waals surface area contributed by atoms with Crippen molar-refractivity contribution >= 4 is 17.4 Å². The lowest BCUT2D eigenvalue weighted by Gasteiger charge is -2.13. The van der Waals surface area contributed by atoms with E-state index in [4.69, 9.17) is 14.2 Å². The highest BCUT2D eigenvalue weighted by Crippen LogP contribution is 2.30. The first-order valence-electron chi connectivity index (χ1n) is 10.4. The lowest BCUT2D eigenvalue weighted by atomic mass is 10.1. The number of methoxy groups -OCH3 is 3. The molecule has 0 unspecified atom stereocenters. The van der Waals surface area contributed by atoms with E-state index in [0.29, 0.717) is 35.0 Å². The first-order chi connectivity index (χ1) is 16.1. The van der Waals surface area contributed by atoms with Gasteiger partial charge in [-0.05, 0) is 30.3 Å². The predicted molar refractivity (Wildman–Crippen MR) is 127 cm³/mol. The summed E-state index contributed by atoms with van der Waals surface area (Å²) < 4.78 is 17.7. The van der Waals surface area contributed by atoms with Crippen LogP contribution in [0.1, 0.15) is 21.6 Å². The molecule has 0 aliphatic heterocycles. The van der Waals surface area contributed by atoms with Crippen molar-refractivity contribution in [2.24, 2.45) is 0 Å². The van der Waals surface area contributed by atoms with Crippen molar-refractivity contribution < 1.29 is 19.0 Å². The number of hydrogen-bond acceptors (Lipinski definition) is 6. The van der Waals surface area contributed by atoms with Crippen LogP contribution in [0.25, 0.3) is 0 Å². The summed E-state index contributed by atoms with van der Waals surface area (Å²) in [6, 6.07) is 24.2. The Morgan fingerprint density at radius 3 is 2.15 bits per heavy atom. The lowest BCUT2D eigenvalue weighted by Crippen LogP contribution is -2.17. The molecule has 0 atom stereocenters. The molecule has 3 aromatic carbocycles. The van der Waals surface area contributed by atoms with E-state index in [0.717, 1.165) is 17.0 Å². The molecule has 0 saturated carbocycles. The Hall–Kier alpha value is -4.26. The third kappa shape index (κ3) is 4.67. The highest BCUT2D eigenvalue weighted by molar-refractivity contribution is 6.00. The van der Waals surface area contributed by atoms with Crippen molar-refractivity contribution in [1.29, 1.82) is 0 Å². The van der Waals surface area contributed by atoms with Gasteiger partial charge >= 0.3 is 0 Å². The van der Waals surface area contributed by atoms with Gasteiger partial charge in [-0.2, -0.15) is 9.78 Å². The molecule has 0 amide bonds. The number of carbonyl (C=O) groups excluding carboxylic acids is 1. The number of para-hydroxylation sites is 4. The van der Waals surface area contributed by atoms with Crippen molar-refractivity contribution in [1.82, 2.24) is 9.78 Å². The van der Waals surface area contributed by atoms with Crippen molar-refractivity contribution in [3.63, 3.8) is 0 Å². The Balaban J connectivity index is 1.77. The fourth-order valence-electron chi connectivity index (χ4n) is 3.63. The maximum Gasteiger partial charge on any atom is 0.283 e. The van der Waals surface area contributed by atoms with Crippen LogP contribution in [0, 0.1) is 0 Å². The molecule has 0 spiro atoms. The molecule has 0 radical (unpaired) electrons. The monoisotopic (exact) mass is 443 g/mol. The molecule has 33 heavy (non-hydrogen) atoms. The van der Waals surface area contributed by atoms with Crippen LogP contribution < -0.4 is 19.5 Å². The average molecular weight is 444 g/mol. The van der Waals surface area contributed by atoms with Gasteiger partial charge in [0.15, 0.2) is 0 Å². The van der Waals surface area contributed by atoms with Crippen molar-refractivity contribution in [2.75, 3.05) is 26.6 Å². The lowest BCUT2D eigenvalue weighted by molar-refractivity contribution is 0.0944. The van der Waals surface area contributed by atoms with Gasteiger partial charge in [0.05, 0.1) is 38.3 Å². The van der Waals surface area contributed by atoms with E-state index in [2.05, 4.69) is 10.4 Å². The summed E-state index contributed by atoms with van der Waals surface area (Å²) in [5, 5.41) is 7.93. The first kappa shape index (κ1) is 22.0. The molecular weight excluding hydrogens is 418 g/mol. The first-order valence-corrected chi connectivity index (χ1v) is 10.4. The SMILES string of the molecule is COc1ccccc1Cc1cc(Nc2ccccc2OC)n(C(=O)c2ccccc2OC)n1. The zero-order chi connectivity index (χ0) is 23.2. The van der Waals surface area contributed by atoms with Gasteiger partial charge in [0.25, 0.3) is 5.91 Å². The summed E-state index contributed by atoms with van der Waals surface area (Å²) in [5.74, 6) is 2.10. The maximum absolute atomic E-state index is 13.5. The van der Waals surface area contributed by atoms with Crippen LogP contribution in [0.5, 0.6) is 17.2 Å². The van der Waals surface area contributed by atoms with E-state index in [-0.39, 0.29) is 5.91 Å². The van der Waals surface area contributed by atoms with Gasteiger partial charge in [-0.1, -0.05) is 42.5 Å². The number of benzene rings is 3. The summed E-state index contributed by atoms with van der Waals surface area (Å²) in [7, 11) is 4.78. The molecule has 0 aliphatic rings. The molecule has 0 aliphatic carbocycles. The topological polar surface area (TPSA) is 74.6 Å². The van der Waals surface area contributed by atoms with Gasteiger partial charge in [-0.3, -0.25) is 4.79 Å². The van der Waals surface area contributed by atoms with Crippen LogP contribution >= 0.6 is 0 Å². The van der Waals surface area contributed by atoms with Crippen molar-refractivity contribution in [3.05, 3.63) is 95.7 Å². The molecule has 0 saturated heterocycles. The van der Waals surface area contributed by atoms with Crippen LogP contribution in [-0.4, -0.2) is 37.0 Å². The van der Waals surface area contributed by atoms with E-state index < -0.39 is 0 Å². The number of ether oxygens (including phenoxy) is 3. The Kier molecular flexibility index (Phi) is 6.59. The Labute approximate surface area is 192 Å². The van der Waals surface area contributed by atoms with Gasteiger partial charge < -0.3 is 19.5 Å². The number of carbonyl (C=O) groups is 1. The van der Waals surface area contributed by atoms with Crippen LogP contribution in [0.4, 0.5) is 11.5 Å². The molecule has 0 fully saturated rings. The number of anilines is 2. The van der Waals surface area contributed by atoms with Gasteiger partial charge in [-0.25, -0.2) is 0 Å². The molecule has 7 nitrogen and oxygen atoms in total. The minimum Gasteiger partial charge on any atom is -0.496 e. The highest BCUT2D eigenvalue weighted by atomic mass is 16.5. The second-order valence-electron chi connectivity index (χ2n) is 7.25. The molecule has 168 valence electrons. The number of nitrogens with zero attached hydrogens (tertiary/aromatic N) is 2. The molecule has 1 aromatic heterocycles. The fraction of sp³-hybridized carbons (Fsp3) is 0.154. The third-order valence-corrected chi connectivity index (χ3v) is 5.22. The van der Waals surface area contributed by atoms with Crippen molar-refractivity contribution in [3.8, 4) is 17.2 Å². The molecule has 4 aromatic rings. The number of nitrogens with one attached hydrogen (secondary N) is 1. The summed E-state index contributed by atoms with van der Waals surface area (Å²) in [6.07, 6.45) is 0.497. The van der Waals surface area contributed by atoms with E-state index in [1.54, 1.807) is 32.4 Å². The van der Waals surface area contributed by atoms with Crippen LogP contribution in [-0.2, 0) is 6.42 Å². The van der Waals surface area contributed by atoms with Gasteiger partial charge in [0.1, 0.15) is 23.1 Å². The fourth-order valence-corrected chi connectivity index (χ4v) is 3.63. The predicted octanol–water partition coefficient (Wildman–Crippen LogP) is 4.93. The minimum atomic E-state index is -0.309. The maximum atomic E-state index is 13.5. The van der Waals surface area contributed by atoms with E-state index in [1.165, 1.54) is 11.8 Å². The molecular formula is C26H25N3O4. The standard InChI is InChI=1S/C26H25N3O4/c1-31-22-13-7-4-10-18(22)16-19-17-25(27-21-12-6-9-15-24(21)33-3)29(28-19)26(30)20-11-5-8-14-23(20)32-2/h4-15,17,27H,16H2,1-3H3. The smallest absolute Gasteiger partial charge is 0.283 e. The molecule has 1 heterocycles. The third-order valence-electron chi connectivity index (χ3n) is 5.22. The second kappa shape index (κ2) is 9.91. The number of aromatic nitrogens is 2. The van der Waals surface area contributed by atoms with Crippen LogP contribution in [0.3, 0.4) is 0 Å². The molecule has 1 N–H and O–H groups in total. The largest absolute Gasteiger partial charge is 0.496 e. The van der Waals surface area contributed by atoms with E-state index in [1.807, 2.05) is 60.7 Å². The van der Waals surface area contributed by atoms with Crippen LogP contribution in [0.2, 0.25) is 0 Å². The average Bonchev–Trinajstić information content (AvgIpc) is 3.26. The summed E-state index contributed by atoms with van der Waals surface area (Å²) in [5.41, 5.74) is 2.81. The van der Waals surface area contributed by atoms with Gasteiger partial charge in [-0.15, -0.1) is 0 Å². The van der Waals surface area contributed by atoms with Gasteiger partial charge in [0, 0.05) is 18.1 Å². The van der Waals surface area contributed by atoms with Gasteiger partial charge in [0.2, 0.25) is 0 Å². The summed E-state index contributed by atoms with van der Waals surface area (Å²) >= 11 is 0. The Morgan fingerprint density at radius 2 is 1.42 bits per heavy atom. The Morgan fingerprint density at radius 1 is 0.818 bits per heavy atom. The number of rotatable bonds is 8. The van der Waals surface area contributed by atoms with E-state index >= 15 is 0 Å². The zero-order valence-corrected chi connectivity index (χ0v) is 18.7. The van der Waals surface area contributed by atoms with Crippen molar-refractivity contribution in [2.45, 2.75) is 6.42 Å². The normalized spacial score (nSPS) is 10.5. The van der Waals surface area contributed by atoms with Crippen LogP contribution in [0.15, 0.2) is 78.9 Å². The zero-order valence-electron chi connectivity index (χ0n) is 18.7. The second-order valence-corrected chi connectivity index (χ2v) is 7.25. The molecule has 4 rings (SSSR count).